The van der Waals surface area contributed by atoms with Gasteiger partial charge in [0, 0.05) is 11.6 Å². The number of para-hydroxylation sites is 2. The average molecular weight is 475 g/mol. The van der Waals surface area contributed by atoms with Crippen LogP contribution < -0.4 is 26.4 Å². The maximum absolute atomic E-state index is 12.9. The normalized spacial score (nSPS) is 10.4. The van der Waals surface area contributed by atoms with Crippen molar-refractivity contribution in [2.24, 2.45) is 5.73 Å². The lowest BCUT2D eigenvalue weighted by Gasteiger charge is -2.13. The van der Waals surface area contributed by atoms with Crippen LogP contribution in [0.1, 0.15) is 44.9 Å². The predicted molar refractivity (Wildman–Crippen MR) is 133 cm³/mol. The molecule has 3 rings (SSSR count). The molecule has 0 aliphatic rings. The summed E-state index contributed by atoms with van der Waals surface area (Å²) in [5.41, 5.74) is 6.55. The van der Waals surface area contributed by atoms with Crippen LogP contribution in [0.3, 0.4) is 0 Å². The molecule has 0 bridgehead atoms. The second kappa shape index (κ2) is 11.5. The van der Waals surface area contributed by atoms with E-state index in [4.69, 9.17) is 10.5 Å². The number of hydrogen-bond donors (Lipinski definition) is 4. The first kappa shape index (κ1) is 25.0. The van der Waals surface area contributed by atoms with E-state index in [1.54, 1.807) is 60.7 Å². The van der Waals surface area contributed by atoms with E-state index in [2.05, 4.69) is 16.0 Å². The van der Waals surface area contributed by atoms with Crippen molar-refractivity contribution in [2.45, 2.75) is 19.9 Å². The molecule has 0 unspecified atom stereocenters. The molecule has 0 aliphatic carbocycles. The van der Waals surface area contributed by atoms with E-state index in [-0.39, 0.29) is 46.6 Å². The Morgan fingerprint density at radius 1 is 0.800 bits per heavy atom. The van der Waals surface area contributed by atoms with Crippen molar-refractivity contribution in [3.63, 3.8) is 0 Å². The largest absolute Gasteiger partial charge is 0.484 e. The zero-order valence-corrected chi connectivity index (χ0v) is 19.3. The minimum Gasteiger partial charge on any atom is -0.484 e. The third-order valence-electron chi connectivity index (χ3n) is 4.78. The molecule has 0 atom stereocenters. The number of benzene rings is 3. The second-order valence-electron chi connectivity index (χ2n) is 7.90. The molecule has 9 nitrogen and oxygen atoms in total. The fourth-order valence-electron chi connectivity index (χ4n) is 3.22. The summed E-state index contributed by atoms with van der Waals surface area (Å²) in [5.74, 6) is -1.59. The Kier molecular flexibility index (Phi) is 8.18. The molecule has 0 aliphatic heterocycles. The predicted octanol–water partition coefficient (Wildman–Crippen LogP) is 3.19. The number of ether oxygens (including phenoxy) is 1. The molecule has 3 aromatic rings. The molecule has 0 radical (unpaired) electrons. The molecule has 0 saturated heterocycles. The Balaban J connectivity index is 1.73. The summed E-state index contributed by atoms with van der Waals surface area (Å²) in [6.07, 6.45) is 0. The molecule has 0 aromatic heterocycles. The Hall–Kier alpha value is -4.66. The van der Waals surface area contributed by atoms with Gasteiger partial charge in [-0.2, -0.15) is 0 Å². The second-order valence-corrected chi connectivity index (χ2v) is 7.90. The van der Waals surface area contributed by atoms with Gasteiger partial charge in [-0.05, 0) is 56.3 Å². The molecular weight excluding hydrogens is 448 g/mol. The lowest BCUT2D eigenvalue weighted by Crippen LogP contribution is -2.34. The number of rotatable bonds is 9. The zero-order chi connectivity index (χ0) is 25.4. The molecule has 0 heterocycles. The smallest absolute Gasteiger partial charge is 0.258 e. The summed E-state index contributed by atoms with van der Waals surface area (Å²) >= 11 is 0. The van der Waals surface area contributed by atoms with Crippen LogP contribution in [-0.2, 0) is 4.79 Å². The van der Waals surface area contributed by atoms with Gasteiger partial charge in [0.05, 0.1) is 22.5 Å². The van der Waals surface area contributed by atoms with Crippen LogP contribution in [0.25, 0.3) is 0 Å². The van der Waals surface area contributed by atoms with Gasteiger partial charge >= 0.3 is 0 Å². The summed E-state index contributed by atoms with van der Waals surface area (Å²) in [6.45, 7) is 3.51. The van der Waals surface area contributed by atoms with Gasteiger partial charge in [0.15, 0.2) is 6.61 Å². The molecule has 9 heteroatoms. The topological polar surface area (TPSA) is 140 Å². The highest BCUT2D eigenvalue weighted by molar-refractivity contribution is 6.14. The Morgan fingerprint density at radius 3 is 2.06 bits per heavy atom. The van der Waals surface area contributed by atoms with E-state index in [1.807, 2.05) is 13.8 Å². The van der Waals surface area contributed by atoms with E-state index in [1.165, 1.54) is 12.1 Å². The minimum absolute atomic E-state index is 0.00949. The Labute approximate surface area is 202 Å². The van der Waals surface area contributed by atoms with E-state index < -0.39 is 17.7 Å². The van der Waals surface area contributed by atoms with Crippen LogP contribution in [0.15, 0.2) is 72.8 Å². The fraction of sp³-hybridized carbons (Fsp3) is 0.154. The Morgan fingerprint density at radius 2 is 1.40 bits per heavy atom. The van der Waals surface area contributed by atoms with Crippen LogP contribution in [0, 0.1) is 0 Å². The SMILES string of the molecule is CC(C)NC(=O)COc1cccc(C(=O)Nc2ccccc2C(=O)Nc2ccccc2C(N)=O)c1. The number of carbonyl (C=O) groups is 4. The lowest BCUT2D eigenvalue weighted by atomic mass is 10.1. The van der Waals surface area contributed by atoms with Crippen molar-refractivity contribution in [3.8, 4) is 5.75 Å². The van der Waals surface area contributed by atoms with Gasteiger partial charge in [-0.25, -0.2) is 0 Å². The van der Waals surface area contributed by atoms with Crippen molar-refractivity contribution in [1.29, 1.82) is 0 Å². The summed E-state index contributed by atoms with van der Waals surface area (Å²) < 4.78 is 5.47. The number of nitrogens with one attached hydrogen (secondary N) is 3. The third-order valence-corrected chi connectivity index (χ3v) is 4.78. The van der Waals surface area contributed by atoms with Gasteiger partial charge < -0.3 is 26.4 Å². The number of carbonyl (C=O) groups excluding carboxylic acids is 4. The first-order chi connectivity index (χ1) is 16.7. The van der Waals surface area contributed by atoms with Gasteiger partial charge in [0.1, 0.15) is 5.75 Å². The molecule has 0 fully saturated rings. The van der Waals surface area contributed by atoms with Crippen LogP contribution in [0.4, 0.5) is 11.4 Å². The number of amides is 4. The first-order valence-electron chi connectivity index (χ1n) is 10.9. The van der Waals surface area contributed by atoms with Crippen molar-refractivity contribution in [3.05, 3.63) is 89.5 Å². The zero-order valence-electron chi connectivity index (χ0n) is 19.3. The summed E-state index contributed by atoms with van der Waals surface area (Å²) in [6, 6.07) is 19.2. The van der Waals surface area contributed by atoms with Crippen molar-refractivity contribution in [1.82, 2.24) is 5.32 Å². The summed E-state index contributed by atoms with van der Waals surface area (Å²) in [7, 11) is 0. The van der Waals surface area contributed by atoms with Crippen molar-refractivity contribution < 1.29 is 23.9 Å². The monoisotopic (exact) mass is 474 g/mol. The van der Waals surface area contributed by atoms with Gasteiger partial charge in [-0.1, -0.05) is 30.3 Å². The maximum atomic E-state index is 12.9. The maximum Gasteiger partial charge on any atom is 0.258 e. The highest BCUT2D eigenvalue weighted by Gasteiger charge is 2.17. The van der Waals surface area contributed by atoms with Gasteiger partial charge in [-0.3, -0.25) is 19.2 Å². The van der Waals surface area contributed by atoms with E-state index in [9.17, 15) is 19.2 Å². The van der Waals surface area contributed by atoms with Gasteiger partial charge in [0.25, 0.3) is 23.6 Å². The highest BCUT2D eigenvalue weighted by Crippen LogP contribution is 2.21. The Bertz CT molecular complexity index is 1260. The molecule has 0 saturated carbocycles. The number of hydrogen-bond acceptors (Lipinski definition) is 5. The number of anilines is 2. The molecule has 180 valence electrons. The van der Waals surface area contributed by atoms with Crippen LogP contribution >= 0.6 is 0 Å². The van der Waals surface area contributed by atoms with Crippen LogP contribution in [0.5, 0.6) is 5.75 Å². The standard InChI is InChI=1S/C26H26N4O5/c1-16(2)28-23(31)15-35-18-9-7-8-17(14-18)25(33)29-22-13-6-4-11-20(22)26(34)30-21-12-5-3-10-19(21)24(27)32/h3-14,16H,15H2,1-2H3,(H2,27,32)(H,28,31)(H,29,33)(H,30,34). The van der Waals surface area contributed by atoms with Gasteiger partial charge in [0.2, 0.25) is 0 Å². The molecular formula is C26H26N4O5. The molecule has 35 heavy (non-hydrogen) atoms. The number of primary amides is 1. The average Bonchev–Trinajstić information content (AvgIpc) is 2.83. The van der Waals surface area contributed by atoms with E-state index in [0.717, 1.165) is 0 Å². The van der Waals surface area contributed by atoms with E-state index in [0.29, 0.717) is 5.75 Å². The minimum atomic E-state index is -0.675. The van der Waals surface area contributed by atoms with Crippen molar-refractivity contribution in [2.75, 3.05) is 17.2 Å². The third kappa shape index (κ3) is 6.91. The van der Waals surface area contributed by atoms with Crippen LogP contribution in [-0.4, -0.2) is 36.3 Å². The molecule has 4 amide bonds. The lowest BCUT2D eigenvalue weighted by molar-refractivity contribution is -0.123. The molecule has 5 N–H and O–H groups in total. The summed E-state index contributed by atoms with van der Waals surface area (Å²) in [4.78, 5) is 49.3. The number of nitrogens with two attached hydrogens (primary N) is 1. The fourth-order valence-corrected chi connectivity index (χ4v) is 3.22. The van der Waals surface area contributed by atoms with Crippen molar-refractivity contribution >= 4 is 35.0 Å². The quantitative estimate of drug-likeness (QED) is 0.377. The summed E-state index contributed by atoms with van der Waals surface area (Å²) in [5, 5.41) is 8.11. The molecule has 0 spiro atoms. The first-order valence-corrected chi connectivity index (χ1v) is 10.9. The molecule has 3 aromatic carbocycles. The van der Waals surface area contributed by atoms with Crippen LogP contribution in [0.2, 0.25) is 0 Å². The van der Waals surface area contributed by atoms with E-state index >= 15 is 0 Å². The highest BCUT2D eigenvalue weighted by atomic mass is 16.5. The van der Waals surface area contributed by atoms with Gasteiger partial charge in [-0.15, -0.1) is 0 Å².